The largest absolute Gasteiger partial charge is 0.306 e. The molecule has 0 saturated heterocycles. The number of rotatable bonds is 4. The normalized spacial score (nSPS) is 12.6. The number of benzene rings is 1. The molecule has 1 aromatic carbocycles. The van der Waals surface area contributed by atoms with Crippen LogP contribution in [-0.4, -0.2) is 15.3 Å². The van der Waals surface area contributed by atoms with Crippen LogP contribution in [0.25, 0.3) is 5.69 Å². The first kappa shape index (κ1) is 12.2. The maximum absolute atomic E-state index is 4.41. The van der Waals surface area contributed by atoms with Gasteiger partial charge in [0.2, 0.25) is 0 Å². The molecule has 0 aliphatic heterocycles. The minimum atomic E-state index is 0.550. The summed E-state index contributed by atoms with van der Waals surface area (Å²) < 4.78 is 2.04. The van der Waals surface area contributed by atoms with Crippen LogP contribution in [0.1, 0.15) is 30.4 Å². The number of hydrogen-bond donors (Lipinski definition) is 1. The molecule has 17 heavy (non-hydrogen) atoms. The molecule has 1 heterocycles. The number of imidazole rings is 1. The molecule has 2 aromatic rings. The molecule has 3 heteroatoms. The van der Waals surface area contributed by atoms with Gasteiger partial charge in [-0.3, -0.25) is 0 Å². The Balaban J connectivity index is 2.35. The Kier molecular flexibility index (Phi) is 3.89. The molecule has 0 aliphatic rings. The van der Waals surface area contributed by atoms with E-state index in [1.807, 2.05) is 17.1 Å². The maximum Gasteiger partial charge on any atom is 0.0991 e. The fraction of sp³-hybridized carbons (Fsp3) is 0.357. The standard InChI is InChI=1S/C14H18N2S/c1-3-12(9-17)13-4-5-14(11(2)8-13)16-7-6-15-10-16/h4-8,10,12,17H,3,9H2,1-2H3. The highest BCUT2D eigenvalue weighted by Gasteiger charge is 2.09. The summed E-state index contributed by atoms with van der Waals surface area (Å²) in [6.45, 7) is 4.35. The second kappa shape index (κ2) is 5.41. The third-order valence-corrected chi connectivity index (χ3v) is 3.63. The summed E-state index contributed by atoms with van der Waals surface area (Å²) in [6.07, 6.45) is 6.74. The summed E-state index contributed by atoms with van der Waals surface area (Å²) in [5, 5.41) is 0. The third-order valence-electron chi connectivity index (χ3n) is 3.19. The Labute approximate surface area is 108 Å². The van der Waals surface area contributed by atoms with Crippen LogP contribution in [0, 0.1) is 6.92 Å². The van der Waals surface area contributed by atoms with Gasteiger partial charge in [-0.15, -0.1) is 0 Å². The van der Waals surface area contributed by atoms with Crippen LogP contribution in [-0.2, 0) is 0 Å². The van der Waals surface area contributed by atoms with Crippen molar-refractivity contribution in [3.8, 4) is 5.69 Å². The fourth-order valence-electron chi connectivity index (χ4n) is 2.09. The summed E-state index contributed by atoms with van der Waals surface area (Å²) in [7, 11) is 0. The van der Waals surface area contributed by atoms with E-state index in [-0.39, 0.29) is 0 Å². The Morgan fingerprint density at radius 2 is 2.24 bits per heavy atom. The average molecular weight is 246 g/mol. The first-order valence-corrected chi connectivity index (χ1v) is 6.59. The smallest absolute Gasteiger partial charge is 0.0991 e. The molecule has 0 saturated carbocycles. The Hall–Kier alpha value is -1.22. The van der Waals surface area contributed by atoms with Gasteiger partial charge in [-0.2, -0.15) is 12.6 Å². The second-order valence-electron chi connectivity index (χ2n) is 4.30. The first-order valence-electron chi connectivity index (χ1n) is 5.96. The highest BCUT2D eigenvalue weighted by atomic mass is 32.1. The Bertz CT molecular complexity index is 473. The SMILES string of the molecule is CCC(CS)c1ccc(-n2ccnc2)c(C)c1. The average Bonchev–Trinajstić information content (AvgIpc) is 2.84. The fourth-order valence-corrected chi connectivity index (χ4v) is 2.56. The van der Waals surface area contributed by atoms with E-state index in [9.17, 15) is 0 Å². The minimum Gasteiger partial charge on any atom is -0.306 e. The molecule has 0 N–H and O–H groups in total. The van der Waals surface area contributed by atoms with Crippen LogP contribution in [0.5, 0.6) is 0 Å². The van der Waals surface area contributed by atoms with Gasteiger partial charge in [0.05, 0.1) is 6.33 Å². The van der Waals surface area contributed by atoms with Gasteiger partial charge in [-0.25, -0.2) is 4.98 Å². The molecule has 0 bridgehead atoms. The molecule has 0 fully saturated rings. The lowest BCUT2D eigenvalue weighted by Crippen LogP contribution is -2.01. The Morgan fingerprint density at radius 3 is 2.76 bits per heavy atom. The van der Waals surface area contributed by atoms with Crippen molar-refractivity contribution in [2.45, 2.75) is 26.2 Å². The quantitative estimate of drug-likeness (QED) is 0.816. The van der Waals surface area contributed by atoms with Gasteiger partial charge in [-0.05, 0) is 42.2 Å². The zero-order valence-corrected chi connectivity index (χ0v) is 11.2. The summed E-state index contributed by atoms with van der Waals surface area (Å²) in [4.78, 5) is 4.08. The number of hydrogen-bond acceptors (Lipinski definition) is 2. The van der Waals surface area contributed by atoms with Gasteiger partial charge >= 0.3 is 0 Å². The zero-order chi connectivity index (χ0) is 12.3. The van der Waals surface area contributed by atoms with E-state index >= 15 is 0 Å². The van der Waals surface area contributed by atoms with Crippen LogP contribution < -0.4 is 0 Å². The van der Waals surface area contributed by atoms with Gasteiger partial charge in [0.1, 0.15) is 0 Å². The van der Waals surface area contributed by atoms with Crippen molar-refractivity contribution < 1.29 is 0 Å². The van der Waals surface area contributed by atoms with Crippen molar-refractivity contribution in [3.05, 3.63) is 48.0 Å². The molecular formula is C14H18N2S. The summed E-state index contributed by atoms with van der Waals surface area (Å²) in [5.74, 6) is 1.45. The van der Waals surface area contributed by atoms with E-state index < -0.39 is 0 Å². The van der Waals surface area contributed by atoms with Crippen molar-refractivity contribution in [2.24, 2.45) is 0 Å². The second-order valence-corrected chi connectivity index (χ2v) is 4.67. The first-order chi connectivity index (χ1) is 8.26. The van der Waals surface area contributed by atoms with E-state index in [1.165, 1.54) is 16.8 Å². The third kappa shape index (κ3) is 2.55. The molecule has 0 aliphatic carbocycles. The van der Waals surface area contributed by atoms with Crippen LogP contribution in [0.15, 0.2) is 36.9 Å². The predicted octanol–water partition coefficient (Wildman–Crippen LogP) is 3.60. The van der Waals surface area contributed by atoms with Crippen LogP contribution in [0.4, 0.5) is 0 Å². The van der Waals surface area contributed by atoms with E-state index in [2.05, 4.69) is 49.7 Å². The summed E-state index contributed by atoms with van der Waals surface area (Å²) >= 11 is 4.41. The number of aromatic nitrogens is 2. The topological polar surface area (TPSA) is 17.8 Å². The van der Waals surface area contributed by atoms with Gasteiger partial charge in [0.15, 0.2) is 0 Å². The lowest BCUT2D eigenvalue weighted by atomic mass is 9.96. The van der Waals surface area contributed by atoms with Gasteiger partial charge in [0.25, 0.3) is 0 Å². The summed E-state index contributed by atoms with van der Waals surface area (Å²) in [6, 6.07) is 6.63. The van der Waals surface area contributed by atoms with Gasteiger partial charge < -0.3 is 4.57 Å². The molecular weight excluding hydrogens is 228 g/mol. The number of aryl methyl sites for hydroxylation is 1. The summed E-state index contributed by atoms with van der Waals surface area (Å²) in [5.41, 5.74) is 3.85. The molecule has 1 atom stereocenters. The highest BCUT2D eigenvalue weighted by molar-refractivity contribution is 7.80. The van der Waals surface area contributed by atoms with Gasteiger partial charge in [-0.1, -0.05) is 19.1 Å². The molecule has 2 rings (SSSR count). The minimum absolute atomic E-state index is 0.550. The van der Waals surface area contributed by atoms with E-state index in [0.717, 1.165) is 12.2 Å². The van der Waals surface area contributed by atoms with Crippen molar-refractivity contribution in [1.82, 2.24) is 9.55 Å². The van der Waals surface area contributed by atoms with Crippen LogP contribution in [0.2, 0.25) is 0 Å². The van der Waals surface area contributed by atoms with Crippen molar-refractivity contribution in [2.75, 3.05) is 5.75 Å². The molecule has 1 unspecified atom stereocenters. The van der Waals surface area contributed by atoms with Crippen LogP contribution in [0.3, 0.4) is 0 Å². The molecule has 90 valence electrons. The molecule has 0 amide bonds. The molecule has 2 nitrogen and oxygen atoms in total. The van der Waals surface area contributed by atoms with E-state index in [4.69, 9.17) is 0 Å². The Morgan fingerprint density at radius 1 is 1.41 bits per heavy atom. The molecule has 1 aromatic heterocycles. The number of thiol groups is 1. The zero-order valence-electron chi connectivity index (χ0n) is 10.3. The lowest BCUT2D eigenvalue weighted by molar-refractivity contribution is 0.745. The maximum atomic E-state index is 4.41. The van der Waals surface area contributed by atoms with E-state index in [0.29, 0.717) is 5.92 Å². The molecule has 0 spiro atoms. The van der Waals surface area contributed by atoms with E-state index in [1.54, 1.807) is 6.20 Å². The lowest BCUT2D eigenvalue weighted by Gasteiger charge is -2.15. The number of nitrogens with zero attached hydrogens (tertiary/aromatic N) is 2. The van der Waals surface area contributed by atoms with Crippen molar-refractivity contribution in [1.29, 1.82) is 0 Å². The van der Waals surface area contributed by atoms with Crippen molar-refractivity contribution in [3.63, 3.8) is 0 Å². The van der Waals surface area contributed by atoms with Crippen LogP contribution >= 0.6 is 12.6 Å². The highest BCUT2D eigenvalue weighted by Crippen LogP contribution is 2.24. The molecule has 0 radical (unpaired) electrons. The van der Waals surface area contributed by atoms with Gasteiger partial charge in [0, 0.05) is 18.1 Å². The predicted molar refractivity (Wildman–Crippen MR) is 75.2 cm³/mol. The monoisotopic (exact) mass is 246 g/mol. The van der Waals surface area contributed by atoms with Crippen molar-refractivity contribution >= 4 is 12.6 Å².